The van der Waals surface area contributed by atoms with E-state index in [9.17, 15) is 0 Å². The van der Waals surface area contributed by atoms with E-state index in [4.69, 9.17) is 10.9 Å². The zero-order valence-corrected chi connectivity index (χ0v) is 12.3. The normalized spacial score (nSPS) is 11.4. The third-order valence-electron chi connectivity index (χ3n) is 2.67. The van der Waals surface area contributed by atoms with Gasteiger partial charge in [-0.3, -0.25) is 0 Å². The lowest BCUT2D eigenvalue weighted by Crippen LogP contribution is -2.24. The third-order valence-corrected chi connectivity index (χ3v) is 3.42. The molecule has 0 atom stereocenters. The molecule has 0 unspecified atom stereocenters. The molecule has 0 aliphatic rings. The van der Waals surface area contributed by atoms with E-state index in [2.05, 4.69) is 50.5 Å². The average Bonchev–Trinajstić information content (AvgIpc) is 2.35. The lowest BCUT2D eigenvalue weighted by molar-refractivity contribution is 0.248. The van der Waals surface area contributed by atoms with Gasteiger partial charge >= 0.3 is 0 Å². The van der Waals surface area contributed by atoms with Gasteiger partial charge in [-0.05, 0) is 34.2 Å². The summed E-state index contributed by atoms with van der Waals surface area (Å²) >= 11 is 3.39. The molecule has 1 aromatic rings. The highest BCUT2D eigenvalue weighted by Crippen LogP contribution is 2.28. The molecule has 0 radical (unpaired) electrons. The molecular formula is C11H20BrN5O. The standard InChI is InChI=1S/C11H20BrN5O/c1-11(2,4-3-5-18)6-14-9-8(12)10(17-13)16-7-15-9/h7,18H,3-6,13H2,1-2H3,(H2,14,15,16,17). The highest BCUT2D eigenvalue weighted by Gasteiger charge is 2.18. The van der Waals surface area contributed by atoms with Crippen LogP contribution >= 0.6 is 15.9 Å². The van der Waals surface area contributed by atoms with Gasteiger partial charge in [-0.2, -0.15) is 0 Å². The molecule has 0 saturated heterocycles. The molecule has 5 N–H and O–H groups in total. The minimum absolute atomic E-state index is 0.0867. The van der Waals surface area contributed by atoms with Crippen LogP contribution in [0, 0.1) is 5.41 Å². The first-order valence-electron chi connectivity index (χ1n) is 5.82. The van der Waals surface area contributed by atoms with Crippen LogP contribution in [0.4, 0.5) is 11.6 Å². The lowest BCUT2D eigenvalue weighted by atomic mass is 9.88. The monoisotopic (exact) mass is 317 g/mol. The molecule has 102 valence electrons. The van der Waals surface area contributed by atoms with E-state index < -0.39 is 0 Å². The van der Waals surface area contributed by atoms with Crippen molar-refractivity contribution in [1.29, 1.82) is 0 Å². The van der Waals surface area contributed by atoms with Gasteiger partial charge in [0.1, 0.15) is 16.6 Å². The van der Waals surface area contributed by atoms with Gasteiger partial charge in [0.2, 0.25) is 0 Å². The fraction of sp³-hybridized carbons (Fsp3) is 0.636. The van der Waals surface area contributed by atoms with Crippen molar-refractivity contribution in [2.45, 2.75) is 26.7 Å². The Kier molecular flexibility index (Phi) is 5.77. The maximum Gasteiger partial charge on any atom is 0.159 e. The molecule has 0 fully saturated rings. The summed E-state index contributed by atoms with van der Waals surface area (Å²) in [4.78, 5) is 8.14. The predicted molar refractivity (Wildman–Crippen MR) is 76.1 cm³/mol. The van der Waals surface area contributed by atoms with Crippen molar-refractivity contribution in [3.63, 3.8) is 0 Å². The number of nitrogen functional groups attached to an aromatic ring is 1. The number of hydrogen-bond acceptors (Lipinski definition) is 6. The summed E-state index contributed by atoms with van der Waals surface area (Å²) in [6.07, 6.45) is 3.19. The van der Waals surface area contributed by atoms with Crippen LogP contribution in [-0.2, 0) is 0 Å². The van der Waals surface area contributed by atoms with E-state index in [1.54, 1.807) is 0 Å². The predicted octanol–water partition coefficient (Wildman–Crippen LogP) is 1.74. The molecule has 0 aliphatic carbocycles. The van der Waals surface area contributed by atoms with Gasteiger partial charge in [0.15, 0.2) is 5.82 Å². The quantitative estimate of drug-likeness (QED) is 0.452. The number of halogens is 1. The number of anilines is 2. The van der Waals surface area contributed by atoms with E-state index in [0.717, 1.165) is 19.4 Å². The molecule has 1 heterocycles. The Balaban J connectivity index is 2.63. The molecular weight excluding hydrogens is 298 g/mol. The van der Waals surface area contributed by atoms with E-state index >= 15 is 0 Å². The molecule has 0 aliphatic heterocycles. The Morgan fingerprint density at radius 2 is 2.06 bits per heavy atom. The second-order valence-electron chi connectivity index (χ2n) is 4.87. The van der Waals surface area contributed by atoms with Crippen LogP contribution in [0.25, 0.3) is 0 Å². The molecule has 0 bridgehead atoms. The van der Waals surface area contributed by atoms with Crippen LogP contribution in [-0.4, -0.2) is 28.2 Å². The first-order chi connectivity index (χ1) is 8.50. The Morgan fingerprint density at radius 1 is 1.39 bits per heavy atom. The second-order valence-corrected chi connectivity index (χ2v) is 5.67. The summed E-state index contributed by atoms with van der Waals surface area (Å²) in [5.41, 5.74) is 2.58. The smallest absolute Gasteiger partial charge is 0.159 e. The number of aliphatic hydroxyl groups excluding tert-OH is 1. The molecule has 1 rings (SSSR count). The van der Waals surface area contributed by atoms with Gasteiger partial charge in [-0.1, -0.05) is 13.8 Å². The average molecular weight is 318 g/mol. The summed E-state index contributed by atoms with van der Waals surface area (Å²) in [5, 5.41) is 12.1. The van der Waals surface area contributed by atoms with Crippen molar-refractivity contribution in [3.8, 4) is 0 Å². The lowest BCUT2D eigenvalue weighted by Gasteiger charge is -2.25. The van der Waals surface area contributed by atoms with E-state index in [1.165, 1.54) is 6.33 Å². The summed E-state index contributed by atoms with van der Waals surface area (Å²) in [7, 11) is 0. The molecule has 0 aromatic carbocycles. The number of hydrogen-bond donors (Lipinski definition) is 4. The zero-order valence-electron chi connectivity index (χ0n) is 10.7. The van der Waals surface area contributed by atoms with Crippen molar-refractivity contribution in [3.05, 3.63) is 10.8 Å². The molecule has 1 aromatic heterocycles. The van der Waals surface area contributed by atoms with Crippen molar-refractivity contribution >= 4 is 27.6 Å². The van der Waals surface area contributed by atoms with Gasteiger partial charge in [0.05, 0.1) is 0 Å². The molecule has 6 nitrogen and oxygen atoms in total. The highest BCUT2D eigenvalue weighted by atomic mass is 79.9. The number of nitrogens with zero attached hydrogens (tertiary/aromatic N) is 2. The van der Waals surface area contributed by atoms with Crippen LogP contribution in [0.3, 0.4) is 0 Å². The van der Waals surface area contributed by atoms with Crippen LogP contribution in [0.2, 0.25) is 0 Å². The summed E-state index contributed by atoms with van der Waals surface area (Å²) < 4.78 is 0.713. The molecule has 0 saturated carbocycles. The number of aliphatic hydroxyl groups is 1. The number of rotatable bonds is 7. The maximum atomic E-state index is 8.86. The SMILES string of the molecule is CC(C)(CCCO)CNc1ncnc(NN)c1Br. The summed E-state index contributed by atoms with van der Waals surface area (Å²) in [5.74, 6) is 6.59. The van der Waals surface area contributed by atoms with E-state index in [-0.39, 0.29) is 12.0 Å². The number of aromatic nitrogens is 2. The first kappa shape index (κ1) is 15.1. The number of nitrogens with one attached hydrogen (secondary N) is 2. The second kappa shape index (κ2) is 6.86. The van der Waals surface area contributed by atoms with Gasteiger partial charge in [0, 0.05) is 13.2 Å². The van der Waals surface area contributed by atoms with E-state index in [1.807, 2.05) is 0 Å². The van der Waals surface area contributed by atoms with Crippen LogP contribution < -0.4 is 16.6 Å². The van der Waals surface area contributed by atoms with Crippen molar-refractivity contribution in [1.82, 2.24) is 9.97 Å². The Labute approximate surface area is 115 Å². The molecule has 0 amide bonds. The van der Waals surface area contributed by atoms with Crippen LogP contribution in [0.5, 0.6) is 0 Å². The Bertz CT molecular complexity index is 386. The number of nitrogens with two attached hydrogens (primary N) is 1. The first-order valence-corrected chi connectivity index (χ1v) is 6.61. The van der Waals surface area contributed by atoms with Gasteiger partial charge < -0.3 is 15.8 Å². The van der Waals surface area contributed by atoms with Crippen molar-refractivity contribution < 1.29 is 5.11 Å². The largest absolute Gasteiger partial charge is 0.396 e. The summed E-state index contributed by atoms with van der Waals surface area (Å²) in [6, 6.07) is 0. The molecule has 18 heavy (non-hydrogen) atoms. The molecule has 0 spiro atoms. The number of hydrazine groups is 1. The van der Waals surface area contributed by atoms with Crippen LogP contribution in [0.15, 0.2) is 10.8 Å². The van der Waals surface area contributed by atoms with Gasteiger partial charge in [0.25, 0.3) is 0 Å². The van der Waals surface area contributed by atoms with Gasteiger partial charge in [-0.15, -0.1) is 0 Å². The Morgan fingerprint density at radius 3 is 2.67 bits per heavy atom. The van der Waals surface area contributed by atoms with Crippen LogP contribution in [0.1, 0.15) is 26.7 Å². The molecule has 7 heteroatoms. The minimum atomic E-state index is 0.0867. The van der Waals surface area contributed by atoms with Gasteiger partial charge in [-0.25, -0.2) is 15.8 Å². The highest BCUT2D eigenvalue weighted by molar-refractivity contribution is 9.10. The topological polar surface area (TPSA) is 96.1 Å². The third kappa shape index (κ3) is 4.40. The Hall–Kier alpha value is -0.920. The van der Waals surface area contributed by atoms with E-state index in [0.29, 0.717) is 16.1 Å². The van der Waals surface area contributed by atoms with Crippen molar-refractivity contribution in [2.75, 3.05) is 23.9 Å². The minimum Gasteiger partial charge on any atom is -0.396 e. The maximum absolute atomic E-state index is 8.86. The zero-order chi connectivity index (χ0) is 13.6. The van der Waals surface area contributed by atoms with Crippen molar-refractivity contribution in [2.24, 2.45) is 11.3 Å². The fourth-order valence-electron chi connectivity index (χ4n) is 1.56. The fourth-order valence-corrected chi connectivity index (χ4v) is 2.02. The summed E-state index contributed by atoms with van der Waals surface area (Å²) in [6.45, 7) is 5.27.